The molecule has 2 N–H and O–H groups in total. The fourth-order valence-corrected chi connectivity index (χ4v) is 3.97. The van der Waals surface area contributed by atoms with E-state index in [0.29, 0.717) is 49.7 Å². The molecule has 8 nitrogen and oxygen atoms in total. The number of benzene rings is 1. The van der Waals surface area contributed by atoms with Gasteiger partial charge in [-0.1, -0.05) is 0 Å². The highest BCUT2D eigenvalue weighted by molar-refractivity contribution is 6.01. The molecule has 1 saturated heterocycles. The standard InChI is InChI=1S/C21H26N4O4/c1-14-22-8-11-25(14)13-21(27)6-9-24(10-7-21)20(26)16-12-15-17(28-2)4-5-18(29-3)19(15)23-16/h4-5,8,11-12,23,27H,6-7,9-10,13H2,1-3H3. The first-order valence-electron chi connectivity index (χ1n) is 9.67. The number of aromatic amines is 1. The lowest BCUT2D eigenvalue weighted by Gasteiger charge is -2.38. The van der Waals surface area contributed by atoms with E-state index in [-0.39, 0.29) is 5.91 Å². The smallest absolute Gasteiger partial charge is 0.270 e. The number of nitrogens with one attached hydrogen (secondary N) is 1. The van der Waals surface area contributed by atoms with Crippen LogP contribution in [0.15, 0.2) is 30.6 Å². The lowest BCUT2D eigenvalue weighted by Crippen LogP contribution is -2.48. The fraction of sp³-hybridized carbons (Fsp3) is 0.429. The Morgan fingerprint density at radius 1 is 1.24 bits per heavy atom. The van der Waals surface area contributed by atoms with Crippen molar-refractivity contribution in [2.75, 3.05) is 27.3 Å². The van der Waals surface area contributed by atoms with E-state index >= 15 is 0 Å². The van der Waals surface area contributed by atoms with E-state index in [1.807, 2.05) is 29.8 Å². The summed E-state index contributed by atoms with van der Waals surface area (Å²) in [4.78, 5) is 22.2. The molecular weight excluding hydrogens is 372 g/mol. The highest BCUT2D eigenvalue weighted by Gasteiger charge is 2.35. The van der Waals surface area contributed by atoms with Crippen LogP contribution in [0.1, 0.15) is 29.2 Å². The number of hydrogen-bond acceptors (Lipinski definition) is 5. The van der Waals surface area contributed by atoms with Crippen molar-refractivity contribution in [3.05, 3.63) is 42.1 Å². The molecule has 0 saturated carbocycles. The van der Waals surface area contributed by atoms with Crippen molar-refractivity contribution in [3.63, 3.8) is 0 Å². The van der Waals surface area contributed by atoms with Gasteiger partial charge in [0.2, 0.25) is 0 Å². The molecule has 0 radical (unpaired) electrons. The number of likely N-dealkylation sites (tertiary alicyclic amines) is 1. The Bertz CT molecular complexity index is 990. The van der Waals surface area contributed by atoms with E-state index in [4.69, 9.17) is 9.47 Å². The number of hydrogen-bond donors (Lipinski definition) is 2. The molecule has 1 amide bonds. The molecule has 0 bridgehead atoms. The number of carbonyl (C=O) groups is 1. The highest BCUT2D eigenvalue weighted by atomic mass is 16.5. The van der Waals surface area contributed by atoms with Crippen LogP contribution in [-0.2, 0) is 6.54 Å². The first-order chi connectivity index (χ1) is 13.9. The molecule has 3 aromatic rings. The third kappa shape index (κ3) is 3.55. The number of piperidine rings is 1. The van der Waals surface area contributed by atoms with Gasteiger partial charge in [-0.15, -0.1) is 0 Å². The second-order valence-corrected chi connectivity index (χ2v) is 7.56. The Balaban J connectivity index is 1.50. The number of carbonyl (C=O) groups excluding carboxylic acids is 1. The molecule has 0 unspecified atom stereocenters. The number of rotatable bonds is 5. The molecule has 154 valence electrons. The van der Waals surface area contributed by atoms with Crippen LogP contribution in [0.25, 0.3) is 10.9 Å². The number of methoxy groups -OCH3 is 2. The molecule has 0 atom stereocenters. The summed E-state index contributed by atoms with van der Waals surface area (Å²) in [5.74, 6) is 2.12. The fourth-order valence-electron chi connectivity index (χ4n) is 3.97. The van der Waals surface area contributed by atoms with E-state index in [0.717, 1.165) is 16.7 Å². The number of aryl methyl sites for hydroxylation is 1. The summed E-state index contributed by atoms with van der Waals surface area (Å²) in [5, 5.41) is 11.8. The molecule has 1 aliphatic heterocycles. The Hall–Kier alpha value is -3.00. The molecule has 3 heterocycles. The number of fused-ring (bicyclic) bond motifs is 1. The molecule has 8 heteroatoms. The number of aromatic nitrogens is 3. The minimum absolute atomic E-state index is 0.0915. The van der Waals surface area contributed by atoms with Gasteiger partial charge in [-0.05, 0) is 38.0 Å². The monoisotopic (exact) mass is 398 g/mol. The van der Waals surface area contributed by atoms with Crippen LogP contribution < -0.4 is 9.47 Å². The van der Waals surface area contributed by atoms with Crippen molar-refractivity contribution < 1.29 is 19.4 Å². The lowest BCUT2D eigenvalue weighted by molar-refractivity contribution is -0.0296. The molecule has 0 aliphatic carbocycles. The zero-order chi connectivity index (χ0) is 20.6. The van der Waals surface area contributed by atoms with Crippen molar-refractivity contribution in [1.82, 2.24) is 19.4 Å². The largest absolute Gasteiger partial charge is 0.496 e. The average Bonchev–Trinajstić information content (AvgIpc) is 3.34. The maximum atomic E-state index is 13.1. The van der Waals surface area contributed by atoms with E-state index in [2.05, 4.69) is 9.97 Å². The molecule has 2 aromatic heterocycles. The number of imidazole rings is 1. The van der Waals surface area contributed by atoms with Crippen molar-refractivity contribution >= 4 is 16.8 Å². The number of ether oxygens (including phenoxy) is 2. The number of H-pyrrole nitrogens is 1. The summed E-state index contributed by atoms with van der Waals surface area (Å²) < 4.78 is 12.8. The third-order valence-corrected chi connectivity index (χ3v) is 5.76. The van der Waals surface area contributed by atoms with Crippen molar-refractivity contribution in [1.29, 1.82) is 0 Å². The Kier molecular flexibility index (Phi) is 4.96. The van der Waals surface area contributed by atoms with Crippen LogP contribution in [0.3, 0.4) is 0 Å². The first-order valence-corrected chi connectivity index (χ1v) is 9.67. The second-order valence-electron chi connectivity index (χ2n) is 7.56. The van der Waals surface area contributed by atoms with Gasteiger partial charge in [0.05, 0.1) is 31.9 Å². The molecule has 4 rings (SSSR count). The Morgan fingerprint density at radius 3 is 2.55 bits per heavy atom. The van der Waals surface area contributed by atoms with Crippen LogP contribution in [0.2, 0.25) is 0 Å². The maximum absolute atomic E-state index is 13.1. The summed E-state index contributed by atoms with van der Waals surface area (Å²) in [6.45, 7) is 3.39. The van der Waals surface area contributed by atoms with E-state index in [1.54, 1.807) is 31.4 Å². The van der Waals surface area contributed by atoms with E-state index < -0.39 is 5.60 Å². The molecule has 29 heavy (non-hydrogen) atoms. The zero-order valence-electron chi connectivity index (χ0n) is 16.9. The molecule has 1 aliphatic rings. The summed E-state index contributed by atoms with van der Waals surface area (Å²) in [6, 6.07) is 5.43. The van der Waals surface area contributed by atoms with Crippen LogP contribution in [-0.4, -0.2) is 63.4 Å². The van der Waals surface area contributed by atoms with Gasteiger partial charge in [-0.2, -0.15) is 0 Å². The van der Waals surface area contributed by atoms with Crippen molar-refractivity contribution in [2.24, 2.45) is 0 Å². The third-order valence-electron chi connectivity index (χ3n) is 5.76. The van der Waals surface area contributed by atoms with Gasteiger partial charge in [0.1, 0.15) is 23.0 Å². The highest BCUT2D eigenvalue weighted by Crippen LogP contribution is 2.34. The van der Waals surface area contributed by atoms with E-state index in [9.17, 15) is 9.90 Å². The van der Waals surface area contributed by atoms with Gasteiger partial charge < -0.3 is 29.0 Å². The summed E-state index contributed by atoms with van der Waals surface area (Å²) in [5.41, 5.74) is 0.382. The lowest BCUT2D eigenvalue weighted by atomic mass is 9.91. The van der Waals surface area contributed by atoms with Gasteiger partial charge in [-0.3, -0.25) is 4.79 Å². The predicted molar refractivity (Wildman–Crippen MR) is 108 cm³/mol. The minimum Gasteiger partial charge on any atom is -0.496 e. The Labute approximate surface area is 169 Å². The average molecular weight is 398 g/mol. The summed E-state index contributed by atoms with van der Waals surface area (Å²) >= 11 is 0. The molecule has 1 aromatic carbocycles. The van der Waals surface area contributed by atoms with Crippen molar-refractivity contribution in [3.8, 4) is 11.5 Å². The number of nitrogens with zero attached hydrogens (tertiary/aromatic N) is 3. The SMILES string of the molecule is COc1ccc(OC)c2[nH]c(C(=O)N3CCC(O)(Cn4ccnc4C)CC3)cc12. The van der Waals surface area contributed by atoms with Gasteiger partial charge in [-0.25, -0.2) is 4.98 Å². The number of aliphatic hydroxyl groups is 1. The molecule has 1 fully saturated rings. The topological polar surface area (TPSA) is 92.6 Å². The van der Waals surface area contributed by atoms with Crippen LogP contribution >= 0.6 is 0 Å². The van der Waals surface area contributed by atoms with Crippen molar-refractivity contribution in [2.45, 2.75) is 31.9 Å². The summed E-state index contributed by atoms with van der Waals surface area (Å²) in [6.07, 6.45) is 4.64. The normalized spacial score (nSPS) is 16.2. The van der Waals surface area contributed by atoms with E-state index in [1.165, 1.54) is 0 Å². The summed E-state index contributed by atoms with van der Waals surface area (Å²) in [7, 11) is 3.19. The second kappa shape index (κ2) is 7.44. The van der Waals surface area contributed by atoms with Gasteiger partial charge >= 0.3 is 0 Å². The maximum Gasteiger partial charge on any atom is 0.270 e. The van der Waals surface area contributed by atoms with Crippen LogP contribution in [0.5, 0.6) is 11.5 Å². The predicted octanol–water partition coefficient (Wildman–Crippen LogP) is 2.36. The van der Waals surface area contributed by atoms with Crippen LogP contribution in [0.4, 0.5) is 0 Å². The van der Waals surface area contributed by atoms with Gasteiger partial charge in [0, 0.05) is 30.9 Å². The quantitative estimate of drug-likeness (QED) is 0.688. The molecular formula is C21H26N4O4. The molecule has 0 spiro atoms. The number of amides is 1. The minimum atomic E-state index is -0.838. The Morgan fingerprint density at radius 2 is 1.93 bits per heavy atom. The first kappa shape index (κ1) is 19.3. The van der Waals surface area contributed by atoms with Gasteiger partial charge in [0.25, 0.3) is 5.91 Å². The zero-order valence-corrected chi connectivity index (χ0v) is 16.9. The van der Waals surface area contributed by atoms with Gasteiger partial charge in [0.15, 0.2) is 0 Å². The van der Waals surface area contributed by atoms with Crippen LogP contribution in [0, 0.1) is 6.92 Å².